The van der Waals surface area contributed by atoms with Gasteiger partial charge < -0.3 is 10.5 Å². The Morgan fingerprint density at radius 2 is 1.96 bits per heavy atom. The molecule has 0 saturated carbocycles. The van der Waals surface area contributed by atoms with Gasteiger partial charge in [-0.1, -0.05) is 24.3 Å². The fraction of sp³-hybridized carbons (Fsp3) is 0.278. The minimum Gasteiger partial charge on any atom is -0.490 e. The van der Waals surface area contributed by atoms with Crippen LogP contribution in [-0.4, -0.2) is 20.6 Å². The van der Waals surface area contributed by atoms with Crippen molar-refractivity contribution in [3.63, 3.8) is 0 Å². The number of nitrogens with two attached hydrogens (primary N) is 1. The second kappa shape index (κ2) is 6.63. The highest BCUT2D eigenvalue weighted by Crippen LogP contribution is 2.33. The van der Waals surface area contributed by atoms with Crippen molar-refractivity contribution in [2.45, 2.75) is 41.2 Å². The Kier molecular flexibility index (Phi) is 4.56. The van der Waals surface area contributed by atoms with Crippen molar-refractivity contribution in [1.82, 2.24) is 0 Å². The van der Waals surface area contributed by atoms with Crippen molar-refractivity contribution in [2.75, 3.05) is 0 Å². The molecule has 2 N–H and O–H groups in total. The number of sulfone groups is 1. The Balaban J connectivity index is 1.89. The van der Waals surface area contributed by atoms with E-state index in [2.05, 4.69) is 0 Å². The molecule has 24 heavy (non-hydrogen) atoms. The van der Waals surface area contributed by atoms with Crippen LogP contribution < -0.4 is 10.5 Å². The first-order valence-electron chi connectivity index (χ1n) is 7.75. The normalized spacial score (nSPS) is 18.1. The number of benzene rings is 2. The molecule has 0 fully saturated rings. The molecule has 0 radical (unpaired) electrons. The molecular weight excluding hydrogens is 324 g/mol. The summed E-state index contributed by atoms with van der Waals surface area (Å²) in [5.41, 5.74) is 6.64. The number of rotatable bonds is 4. The molecule has 0 spiro atoms. The lowest BCUT2D eigenvalue weighted by Gasteiger charge is -2.27. The molecule has 0 amide bonds. The molecule has 3 rings (SSSR count). The number of hydrogen-bond acceptors (Lipinski definition) is 5. The lowest BCUT2D eigenvalue weighted by Crippen LogP contribution is -2.31. The lowest BCUT2D eigenvalue weighted by molar-refractivity contribution is 0.160. The van der Waals surface area contributed by atoms with E-state index in [1.165, 1.54) is 0 Å². The quantitative estimate of drug-likeness (QED) is 0.921. The van der Waals surface area contributed by atoms with Gasteiger partial charge in [-0.05, 0) is 42.7 Å². The summed E-state index contributed by atoms with van der Waals surface area (Å²) in [6.07, 6.45) is 1.82. The largest absolute Gasteiger partial charge is 0.490 e. The molecule has 124 valence electrons. The van der Waals surface area contributed by atoms with Crippen LogP contribution in [0.3, 0.4) is 0 Å². The molecule has 1 heterocycles. The third kappa shape index (κ3) is 3.28. The summed E-state index contributed by atoms with van der Waals surface area (Å²) in [7, 11) is -3.57. The van der Waals surface area contributed by atoms with E-state index in [1.807, 2.05) is 6.07 Å². The molecular formula is C18H18N2O3S. The van der Waals surface area contributed by atoms with Gasteiger partial charge in [0.15, 0.2) is 0 Å². The Hall–Kier alpha value is -2.36. The first kappa shape index (κ1) is 16.5. The summed E-state index contributed by atoms with van der Waals surface area (Å²) in [5.74, 6) is 0.563. The molecule has 2 atom stereocenters. The second-order valence-corrected chi connectivity index (χ2v) is 7.79. The molecule has 1 aliphatic rings. The van der Waals surface area contributed by atoms with E-state index in [1.54, 1.807) is 48.5 Å². The molecule has 2 aromatic rings. The first-order chi connectivity index (χ1) is 11.5. The Labute approximate surface area is 141 Å². The highest BCUT2D eigenvalue weighted by molar-refractivity contribution is 7.91. The number of fused-ring (bicyclic) bond motifs is 1. The molecule has 0 aliphatic carbocycles. The van der Waals surface area contributed by atoms with Crippen LogP contribution in [-0.2, 0) is 16.3 Å². The van der Waals surface area contributed by atoms with Crippen molar-refractivity contribution in [1.29, 1.82) is 5.26 Å². The van der Waals surface area contributed by atoms with Gasteiger partial charge in [-0.25, -0.2) is 8.42 Å². The number of nitrogens with zero attached hydrogens (tertiary/aromatic N) is 1. The van der Waals surface area contributed by atoms with Crippen molar-refractivity contribution < 1.29 is 13.2 Å². The van der Waals surface area contributed by atoms with Gasteiger partial charge in [0.05, 0.1) is 21.9 Å². The zero-order valence-electron chi connectivity index (χ0n) is 13.1. The maximum Gasteiger partial charge on any atom is 0.206 e. The van der Waals surface area contributed by atoms with Crippen LogP contribution in [0.2, 0.25) is 0 Å². The fourth-order valence-corrected chi connectivity index (χ4v) is 4.11. The minimum atomic E-state index is -3.57. The summed E-state index contributed by atoms with van der Waals surface area (Å²) in [5, 5.41) is 8.83. The van der Waals surface area contributed by atoms with Crippen LogP contribution in [0.5, 0.6) is 5.75 Å². The monoisotopic (exact) mass is 342 g/mol. The molecule has 0 bridgehead atoms. The molecule has 0 saturated heterocycles. The van der Waals surface area contributed by atoms with Gasteiger partial charge in [-0.15, -0.1) is 0 Å². The van der Waals surface area contributed by atoms with Gasteiger partial charge >= 0.3 is 0 Å². The maximum atomic E-state index is 12.7. The molecule has 5 nitrogen and oxygen atoms in total. The van der Waals surface area contributed by atoms with Gasteiger partial charge in [0, 0.05) is 6.42 Å². The predicted octanol–water partition coefficient (Wildman–Crippen LogP) is 2.45. The third-order valence-electron chi connectivity index (χ3n) is 4.11. The summed E-state index contributed by atoms with van der Waals surface area (Å²) >= 11 is 0. The topological polar surface area (TPSA) is 93.2 Å². The van der Waals surface area contributed by atoms with Gasteiger partial charge in [-0.2, -0.15) is 5.26 Å². The Morgan fingerprint density at radius 1 is 1.21 bits per heavy atom. The van der Waals surface area contributed by atoms with Crippen LogP contribution in [0, 0.1) is 11.3 Å². The van der Waals surface area contributed by atoms with Gasteiger partial charge in [-0.3, -0.25) is 0 Å². The van der Waals surface area contributed by atoms with E-state index in [4.69, 9.17) is 15.7 Å². The van der Waals surface area contributed by atoms with Crippen molar-refractivity contribution in [2.24, 2.45) is 5.73 Å². The summed E-state index contributed by atoms with van der Waals surface area (Å²) in [6.45, 7) is 0. The van der Waals surface area contributed by atoms with Crippen molar-refractivity contribution in [3.8, 4) is 11.8 Å². The number of ether oxygens (including phenoxy) is 1. The highest BCUT2D eigenvalue weighted by Gasteiger charge is 2.25. The zero-order chi connectivity index (χ0) is 17.2. The number of nitriles is 1. The van der Waals surface area contributed by atoms with E-state index in [0.29, 0.717) is 12.2 Å². The second-order valence-electron chi connectivity index (χ2n) is 5.84. The van der Waals surface area contributed by atoms with Crippen LogP contribution in [0.15, 0.2) is 58.3 Å². The first-order valence-corrected chi connectivity index (χ1v) is 9.24. The van der Waals surface area contributed by atoms with Crippen LogP contribution in [0.4, 0.5) is 0 Å². The Morgan fingerprint density at radius 3 is 2.67 bits per heavy atom. The smallest absolute Gasteiger partial charge is 0.206 e. The van der Waals surface area contributed by atoms with E-state index < -0.39 is 15.9 Å². The van der Waals surface area contributed by atoms with Gasteiger partial charge in [0.25, 0.3) is 0 Å². The fourth-order valence-electron chi connectivity index (χ4n) is 2.81. The van der Waals surface area contributed by atoms with Crippen LogP contribution in [0.1, 0.15) is 18.4 Å². The SMILES string of the molecule is N#CC(N)CC1CCc2ccc(S(=O)(=O)c3ccccc3)cc2O1. The van der Waals surface area contributed by atoms with E-state index in [9.17, 15) is 8.42 Å². The maximum absolute atomic E-state index is 12.7. The van der Waals surface area contributed by atoms with E-state index in [0.717, 1.165) is 18.4 Å². The average Bonchev–Trinajstić information content (AvgIpc) is 2.61. The lowest BCUT2D eigenvalue weighted by atomic mass is 9.98. The number of hydrogen-bond donors (Lipinski definition) is 1. The van der Waals surface area contributed by atoms with Crippen molar-refractivity contribution >= 4 is 9.84 Å². The standard InChI is InChI=1S/C18H18N2O3S/c19-12-14(20)10-15-8-6-13-7-9-17(11-18(13)23-15)24(21,22)16-4-2-1-3-5-16/h1-5,7,9,11,14-15H,6,8,10,20H2. The summed E-state index contributed by atoms with van der Waals surface area (Å²) in [4.78, 5) is 0.460. The molecule has 2 aromatic carbocycles. The summed E-state index contributed by atoms with van der Waals surface area (Å²) < 4.78 is 31.3. The van der Waals surface area contributed by atoms with Crippen LogP contribution >= 0.6 is 0 Å². The van der Waals surface area contributed by atoms with E-state index in [-0.39, 0.29) is 15.9 Å². The molecule has 1 aliphatic heterocycles. The van der Waals surface area contributed by atoms with Gasteiger partial charge in [0.1, 0.15) is 11.9 Å². The molecule has 2 unspecified atom stereocenters. The van der Waals surface area contributed by atoms with E-state index >= 15 is 0 Å². The van der Waals surface area contributed by atoms with Crippen molar-refractivity contribution in [3.05, 3.63) is 54.1 Å². The summed E-state index contributed by atoms with van der Waals surface area (Å²) in [6, 6.07) is 14.7. The Bertz CT molecular complexity index is 873. The van der Waals surface area contributed by atoms with Crippen LogP contribution in [0.25, 0.3) is 0 Å². The molecule has 6 heteroatoms. The minimum absolute atomic E-state index is 0.165. The average molecular weight is 342 g/mol. The molecule has 0 aromatic heterocycles. The highest BCUT2D eigenvalue weighted by atomic mass is 32.2. The third-order valence-corrected chi connectivity index (χ3v) is 5.88. The van der Waals surface area contributed by atoms with Gasteiger partial charge in [0.2, 0.25) is 9.84 Å². The predicted molar refractivity (Wildman–Crippen MR) is 89.3 cm³/mol. The zero-order valence-corrected chi connectivity index (χ0v) is 13.9. The number of aryl methyl sites for hydroxylation is 1.